The molecule has 268 valence electrons. The molecule has 3 heterocycles. The van der Waals surface area contributed by atoms with E-state index in [9.17, 15) is 28.8 Å². The summed E-state index contributed by atoms with van der Waals surface area (Å²) in [5.74, 6) is -1.60. The lowest BCUT2D eigenvalue weighted by Crippen LogP contribution is -2.54. The van der Waals surface area contributed by atoms with E-state index in [-0.39, 0.29) is 68.4 Å². The van der Waals surface area contributed by atoms with Gasteiger partial charge in [-0.05, 0) is 44.7 Å². The van der Waals surface area contributed by atoms with Crippen molar-refractivity contribution in [2.24, 2.45) is 5.92 Å². The third-order valence-corrected chi connectivity index (χ3v) is 8.44. The maximum Gasteiger partial charge on any atom is 0.254 e. The summed E-state index contributed by atoms with van der Waals surface area (Å²) in [5.41, 5.74) is 0.707. The number of amides is 5. The number of nitrogens with one attached hydrogen (secondary N) is 4. The number of benzene rings is 1. The third-order valence-electron chi connectivity index (χ3n) is 8.44. The molecule has 4 N–H and O–H groups in total. The van der Waals surface area contributed by atoms with E-state index in [1.54, 1.807) is 19.2 Å². The Bertz CT molecular complexity index is 1740. The number of carbonyl (C=O) groups excluding carboxylic acids is 5. The molecule has 0 saturated heterocycles. The van der Waals surface area contributed by atoms with Crippen molar-refractivity contribution in [1.82, 2.24) is 45.5 Å². The van der Waals surface area contributed by atoms with Gasteiger partial charge in [-0.1, -0.05) is 44.2 Å². The molecule has 0 radical (unpaired) electrons. The molecule has 15 nitrogen and oxygen atoms in total. The average Bonchev–Trinajstić information content (AvgIpc) is 3.44. The Kier molecular flexibility index (Phi) is 13.0. The monoisotopic (exact) mass is 689 g/mol. The molecule has 1 aliphatic rings. The van der Waals surface area contributed by atoms with Crippen molar-refractivity contribution >= 4 is 29.5 Å². The van der Waals surface area contributed by atoms with Gasteiger partial charge in [0.05, 0.1) is 6.04 Å². The molecule has 0 aliphatic carbocycles. The minimum Gasteiger partial charge on any atom is -0.353 e. The molecule has 4 rings (SSSR count). The summed E-state index contributed by atoms with van der Waals surface area (Å²) in [4.78, 5) is 85.3. The summed E-state index contributed by atoms with van der Waals surface area (Å²) in [7, 11) is 0. The zero-order chi connectivity index (χ0) is 36.4. The highest BCUT2D eigenvalue weighted by atomic mass is 16.2. The van der Waals surface area contributed by atoms with Crippen LogP contribution < -0.4 is 26.8 Å². The molecule has 0 unspecified atom stereocenters. The number of nitrogens with zero attached hydrogens (tertiary/aromatic N) is 5. The molecule has 5 amide bonds. The van der Waals surface area contributed by atoms with Crippen LogP contribution in [0.25, 0.3) is 0 Å². The number of rotatable bonds is 5. The molecule has 3 aromatic rings. The molecule has 15 heteroatoms. The van der Waals surface area contributed by atoms with Crippen molar-refractivity contribution in [3.63, 3.8) is 0 Å². The summed E-state index contributed by atoms with van der Waals surface area (Å²) >= 11 is 0. The highest BCUT2D eigenvalue weighted by molar-refractivity contribution is 5.94. The van der Waals surface area contributed by atoms with Crippen LogP contribution in [0.3, 0.4) is 0 Å². The van der Waals surface area contributed by atoms with Crippen LogP contribution in [0.2, 0.25) is 0 Å². The highest BCUT2D eigenvalue weighted by Crippen LogP contribution is 2.21. The lowest BCUT2D eigenvalue weighted by Gasteiger charge is -2.27. The first-order valence-corrected chi connectivity index (χ1v) is 17.0. The molecule has 1 aliphatic heterocycles. The number of carbonyl (C=O) groups is 5. The molecule has 2 aromatic heterocycles. The predicted molar refractivity (Wildman–Crippen MR) is 185 cm³/mol. The standard InChI is InChI=1S/C35H47N9O6/c1-6-42-17-14-26(20-30(42)47)35(50)43-16-10-13-28(45)37-23(4)33(48)39-27(19-25-11-8-7-9-12-25)34(49)40-31(22(2)3)32-38-24(5)41-44(32)21-29(46)36-15-18-43/h7-9,11-12,14,17,20,22-23,27,31H,6,10,13,15-16,18-19,21H2,1-5H3,(H,36,46)(H,37,45)(H,39,48)(H,40,49)/t23-,27+,31-/m0/s1. The van der Waals surface area contributed by atoms with Crippen molar-refractivity contribution in [1.29, 1.82) is 0 Å². The molecular formula is C35H47N9O6. The number of aryl methyl sites for hydroxylation is 2. The van der Waals surface area contributed by atoms with E-state index in [4.69, 9.17) is 0 Å². The van der Waals surface area contributed by atoms with E-state index in [0.29, 0.717) is 18.2 Å². The van der Waals surface area contributed by atoms with Crippen LogP contribution in [-0.2, 0) is 38.7 Å². The zero-order valence-electron chi connectivity index (χ0n) is 29.3. The molecule has 0 fully saturated rings. The van der Waals surface area contributed by atoms with Gasteiger partial charge in [-0.15, -0.1) is 0 Å². The number of aromatic nitrogens is 4. The second-order valence-electron chi connectivity index (χ2n) is 12.7. The van der Waals surface area contributed by atoms with Gasteiger partial charge in [-0.2, -0.15) is 5.10 Å². The van der Waals surface area contributed by atoms with E-state index >= 15 is 0 Å². The van der Waals surface area contributed by atoms with Gasteiger partial charge in [0.2, 0.25) is 23.6 Å². The zero-order valence-corrected chi connectivity index (χ0v) is 29.3. The maximum atomic E-state index is 13.8. The van der Waals surface area contributed by atoms with Crippen LogP contribution in [-0.4, -0.2) is 85.5 Å². The molecule has 3 atom stereocenters. The fraction of sp³-hybridized carbons (Fsp3) is 0.486. The first-order valence-electron chi connectivity index (χ1n) is 17.0. The van der Waals surface area contributed by atoms with Crippen LogP contribution in [0.1, 0.15) is 74.1 Å². The fourth-order valence-electron chi connectivity index (χ4n) is 5.69. The quantitative estimate of drug-likeness (QED) is 0.304. The summed E-state index contributed by atoms with van der Waals surface area (Å²) < 4.78 is 2.92. The molecule has 0 spiro atoms. The van der Waals surface area contributed by atoms with Gasteiger partial charge in [0.25, 0.3) is 11.5 Å². The van der Waals surface area contributed by atoms with Gasteiger partial charge in [-0.3, -0.25) is 28.8 Å². The molecule has 0 bridgehead atoms. The third kappa shape index (κ3) is 10.1. The smallest absolute Gasteiger partial charge is 0.254 e. The summed E-state index contributed by atoms with van der Waals surface area (Å²) in [6, 6.07) is 9.48. The Morgan fingerprint density at radius 1 is 0.960 bits per heavy atom. The second kappa shape index (κ2) is 17.4. The normalized spacial score (nSPS) is 20.3. The second-order valence-corrected chi connectivity index (χ2v) is 12.7. The Morgan fingerprint density at radius 2 is 1.70 bits per heavy atom. The van der Waals surface area contributed by atoms with Crippen molar-refractivity contribution in [2.75, 3.05) is 19.6 Å². The van der Waals surface area contributed by atoms with Crippen LogP contribution in [0.5, 0.6) is 0 Å². The lowest BCUT2D eigenvalue weighted by atomic mass is 10.0. The average molecular weight is 690 g/mol. The SMILES string of the molecule is CCn1ccc(C(=O)N2CCCC(=O)N[C@@H](C)C(=O)N[C@H](Cc3ccccc3)C(=O)N[C@@H](C(C)C)c3nc(C)nn3CC(=O)NCC2)cc1=O. The molecular weight excluding hydrogens is 642 g/mol. The molecule has 0 saturated carbocycles. The Morgan fingerprint density at radius 3 is 2.38 bits per heavy atom. The van der Waals surface area contributed by atoms with Crippen LogP contribution >= 0.6 is 0 Å². The number of pyridine rings is 1. The topological polar surface area (TPSA) is 189 Å². The number of hydrogen-bond acceptors (Lipinski definition) is 8. The fourth-order valence-corrected chi connectivity index (χ4v) is 5.69. The summed E-state index contributed by atoms with van der Waals surface area (Å²) in [6.07, 6.45) is 2.00. The minimum atomic E-state index is -0.990. The van der Waals surface area contributed by atoms with E-state index in [1.807, 2.05) is 51.1 Å². The summed E-state index contributed by atoms with van der Waals surface area (Å²) in [5, 5.41) is 15.8. The van der Waals surface area contributed by atoms with Gasteiger partial charge < -0.3 is 30.7 Å². The van der Waals surface area contributed by atoms with E-state index < -0.39 is 41.8 Å². The Hall–Kier alpha value is -5.34. The number of fused-ring (bicyclic) bond motifs is 1. The van der Waals surface area contributed by atoms with Crippen LogP contribution in [0.15, 0.2) is 53.5 Å². The molecule has 1 aromatic carbocycles. The number of hydrogen-bond donors (Lipinski definition) is 4. The predicted octanol–water partition coefficient (Wildman–Crippen LogP) is 0.866. The highest BCUT2D eigenvalue weighted by Gasteiger charge is 2.31. The Labute approximate surface area is 291 Å². The lowest BCUT2D eigenvalue weighted by molar-refractivity contribution is -0.132. The Balaban J connectivity index is 1.62. The van der Waals surface area contributed by atoms with Gasteiger partial charge >= 0.3 is 0 Å². The van der Waals surface area contributed by atoms with Gasteiger partial charge in [0.15, 0.2) is 5.82 Å². The van der Waals surface area contributed by atoms with Gasteiger partial charge in [0.1, 0.15) is 24.5 Å². The van der Waals surface area contributed by atoms with E-state index in [2.05, 4.69) is 31.3 Å². The minimum absolute atomic E-state index is 0.00359. The van der Waals surface area contributed by atoms with Crippen molar-refractivity contribution in [3.8, 4) is 0 Å². The summed E-state index contributed by atoms with van der Waals surface area (Å²) in [6.45, 7) is 9.47. The first-order chi connectivity index (χ1) is 23.9. The van der Waals surface area contributed by atoms with Crippen molar-refractivity contribution in [3.05, 3.63) is 81.8 Å². The van der Waals surface area contributed by atoms with Gasteiger partial charge in [0, 0.05) is 56.8 Å². The van der Waals surface area contributed by atoms with E-state index in [0.717, 1.165) is 5.56 Å². The molecule has 50 heavy (non-hydrogen) atoms. The largest absolute Gasteiger partial charge is 0.353 e. The first kappa shape index (κ1) is 37.5. The van der Waals surface area contributed by atoms with Crippen molar-refractivity contribution in [2.45, 2.75) is 85.1 Å². The maximum absolute atomic E-state index is 13.8. The van der Waals surface area contributed by atoms with Crippen LogP contribution in [0.4, 0.5) is 0 Å². The van der Waals surface area contributed by atoms with Crippen molar-refractivity contribution < 1.29 is 24.0 Å². The van der Waals surface area contributed by atoms with Crippen LogP contribution in [0, 0.1) is 12.8 Å². The van der Waals surface area contributed by atoms with E-state index in [1.165, 1.54) is 27.1 Å². The van der Waals surface area contributed by atoms with Gasteiger partial charge in [-0.25, -0.2) is 9.67 Å².